The fourth-order valence-electron chi connectivity index (χ4n) is 5.04. The van der Waals surface area contributed by atoms with Crippen LogP contribution in [0.1, 0.15) is 31.4 Å². The van der Waals surface area contributed by atoms with Crippen LogP contribution in [-0.4, -0.2) is 53.1 Å². The van der Waals surface area contributed by atoms with Gasteiger partial charge in [-0.25, -0.2) is 15.0 Å². The third-order valence-corrected chi connectivity index (χ3v) is 6.80. The Morgan fingerprint density at radius 3 is 2.75 bits per heavy atom. The molecule has 6 rings (SSSR count). The van der Waals surface area contributed by atoms with Gasteiger partial charge in [0.15, 0.2) is 0 Å². The van der Waals surface area contributed by atoms with Crippen LogP contribution in [0.5, 0.6) is 5.88 Å². The van der Waals surface area contributed by atoms with Crippen molar-refractivity contribution in [3.63, 3.8) is 0 Å². The summed E-state index contributed by atoms with van der Waals surface area (Å²) in [6.07, 6.45) is 6.20. The van der Waals surface area contributed by atoms with E-state index in [1.807, 2.05) is 35.2 Å². The van der Waals surface area contributed by atoms with Crippen molar-refractivity contribution in [2.75, 3.05) is 35.4 Å². The molecule has 5 heterocycles. The standard InChI is InChI=1S/C26H26N6O4/c1-35-15-21-20(16-4-6-18(7-5-16)31-10-2-3-23(31)33)13-28-26(30-21)29-17-11-22-25(27-12-17)36-14-19-8-9-24(34)32(19)22/h4-7,11-13,19H,2-3,8-10,14-15H2,1H3,(H,28,29,30)/t19-/m0/s1. The second kappa shape index (κ2) is 9.19. The van der Waals surface area contributed by atoms with E-state index in [1.54, 1.807) is 24.4 Å². The van der Waals surface area contributed by atoms with E-state index in [4.69, 9.17) is 9.47 Å². The van der Waals surface area contributed by atoms with Crippen molar-refractivity contribution < 1.29 is 19.1 Å². The summed E-state index contributed by atoms with van der Waals surface area (Å²) in [6.45, 7) is 1.53. The van der Waals surface area contributed by atoms with E-state index >= 15 is 0 Å². The first-order valence-corrected chi connectivity index (χ1v) is 12.1. The van der Waals surface area contributed by atoms with Gasteiger partial charge in [-0.15, -0.1) is 0 Å². The third kappa shape index (κ3) is 4.03. The summed E-state index contributed by atoms with van der Waals surface area (Å²) in [5.74, 6) is 1.11. The van der Waals surface area contributed by atoms with Gasteiger partial charge in [0.1, 0.15) is 12.3 Å². The van der Waals surface area contributed by atoms with Crippen LogP contribution in [-0.2, 0) is 20.9 Å². The molecule has 0 spiro atoms. The Labute approximate surface area is 208 Å². The molecule has 2 fully saturated rings. The minimum Gasteiger partial charge on any atom is -0.474 e. The molecule has 2 aromatic heterocycles. The molecule has 1 aromatic carbocycles. The first-order chi connectivity index (χ1) is 17.6. The number of ether oxygens (including phenoxy) is 2. The number of carbonyl (C=O) groups excluding carboxylic acids is 2. The van der Waals surface area contributed by atoms with Crippen LogP contribution in [0.4, 0.5) is 23.0 Å². The molecule has 0 aliphatic carbocycles. The number of aromatic nitrogens is 3. The molecule has 10 nitrogen and oxygen atoms in total. The molecule has 0 radical (unpaired) electrons. The van der Waals surface area contributed by atoms with Gasteiger partial charge in [0, 0.05) is 43.9 Å². The van der Waals surface area contributed by atoms with Gasteiger partial charge >= 0.3 is 0 Å². The average molecular weight is 487 g/mol. The molecule has 3 aromatic rings. The van der Waals surface area contributed by atoms with Gasteiger partial charge in [-0.2, -0.15) is 0 Å². The van der Waals surface area contributed by atoms with E-state index < -0.39 is 0 Å². The highest BCUT2D eigenvalue weighted by molar-refractivity contribution is 5.98. The lowest BCUT2D eigenvalue weighted by molar-refractivity contribution is -0.118. The molecule has 2 saturated heterocycles. The maximum Gasteiger partial charge on any atom is 0.238 e. The maximum absolute atomic E-state index is 12.4. The highest BCUT2D eigenvalue weighted by Gasteiger charge is 2.38. The average Bonchev–Trinajstić information content (AvgIpc) is 3.50. The van der Waals surface area contributed by atoms with Crippen molar-refractivity contribution in [1.82, 2.24) is 15.0 Å². The normalized spacial score (nSPS) is 18.8. The van der Waals surface area contributed by atoms with Crippen molar-refractivity contribution in [3.8, 4) is 17.0 Å². The van der Waals surface area contributed by atoms with Crippen LogP contribution in [0.2, 0.25) is 0 Å². The van der Waals surface area contributed by atoms with Crippen molar-refractivity contribution in [1.29, 1.82) is 0 Å². The Morgan fingerprint density at radius 2 is 1.97 bits per heavy atom. The number of amides is 2. The number of fused-ring (bicyclic) bond motifs is 3. The summed E-state index contributed by atoms with van der Waals surface area (Å²) in [5.41, 5.74) is 4.75. The lowest BCUT2D eigenvalue weighted by atomic mass is 10.1. The molecule has 0 unspecified atom stereocenters. The van der Waals surface area contributed by atoms with Crippen molar-refractivity contribution in [2.45, 2.75) is 38.3 Å². The second-order valence-electron chi connectivity index (χ2n) is 9.12. The monoisotopic (exact) mass is 486 g/mol. The first kappa shape index (κ1) is 22.4. The Bertz CT molecular complexity index is 1330. The Balaban J connectivity index is 1.26. The lowest BCUT2D eigenvalue weighted by Crippen LogP contribution is -2.40. The Morgan fingerprint density at radius 1 is 1.11 bits per heavy atom. The molecule has 0 saturated carbocycles. The minimum absolute atomic E-state index is 0.0564. The number of hydrogen-bond donors (Lipinski definition) is 1. The Kier molecular flexibility index (Phi) is 5.73. The number of nitrogens with zero attached hydrogens (tertiary/aromatic N) is 5. The molecule has 0 bridgehead atoms. The smallest absolute Gasteiger partial charge is 0.238 e. The molecule has 10 heteroatoms. The largest absolute Gasteiger partial charge is 0.474 e. The predicted octanol–water partition coefficient (Wildman–Crippen LogP) is 3.44. The van der Waals surface area contributed by atoms with Gasteiger partial charge < -0.3 is 24.6 Å². The van der Waals surface area contributed by atoms with E-state index in [-0.39, 0.29) is 17.9 Å². The summed E-state index contributed by atoms with van der Waals surface area (Å²) >= 11 is 0. The maximum atomic E-state index is 12.4. The number of rotatable bonds is 6. The number of carbonyl (C=O) groups is 2. The highest BCUT2D eigenvalue weighted by atomic mass is 16.5. The number of hydrogen-bond acceptors (Lipinski definition) is 8. The lowest BCUT2D eigenvalue weighted by Gasteiger charge is -2.31. The van der Waals surface area contributed by atoms with Gasteiger partial charge in [-0.05, 0) is 36.6 Å². The fourth-order valence-corrected chi connectivity index (χ4v) is 5.04. The van der Waals surface area contributed by atoms with E-state index in [9.17, 15) is 9.59 Å². The van der Waals surface area contributed by atoms with E-state index in [0.29, 0.717) is 49.3 Å². The molecule has 184 valence electrons. The fraction of sp³-hybridized carbons (Fsp3) is 0.346. The van der Waals surface area contributed by atoms with Crippen LogP contribution in [0.25, 0.3) is 11.1 Å². The molecule has 2 amide bonds. The Hall–Kier alpha value is -4.05. The summed E-state index contributed by atoms with van der Waals surface area (Å²) < 4.78 is 11.2. The summed E-state index contributed by atoms with van der Waals surface area (Å²) in [6, 6.07) is 9.76. The van der Waals surface area contributed by atoms with Crippen molar-refractivity contribution in [2.24, 2.45) is 0 Å². The topological polar surface area (TPSA) is 110 Å². The van der Waals surface area contributed by atoms with Gasteiger partial charge in [-0.3, -0.25) is 9.59 Å². The van der Waals surface area contributed by atoms with Gasteiger partial charge in [0.25, 0.3) is 0 Å². The van der Waals surface area contributed by atoms with Crippen molar-refractivity contribution in [3.05, 3.63) is 48.4 Å². The molecule has 3 aliphatic heterocycles. The van der Waals surface area contributed by atoms with Crippen LogP contribution >= 0.6 is 0 Å². The first-order valence-electron chi connectivity index (χ1n) is 12.1. The summed E-state index contributed by atoms with van der Waals surface area (Å²) in [4.78, 5) is 41.7. The second-order valence-corrected chi connectivity index (χ2v) is 9.12. The molecular formula is C26H26N6O4. The van der Waals surface area contributed by atoms with Gasteiger partial charge in [0.05, 0.1) is 30.2 Å². The van der Waals surface area contributed by atoms with Gasteiger partial charge in [-0.1, -0.05) is 12.1 Å². The number of benzene rings is 1. The minimum atomic E-state index is 0.0564. The zero-order valence-corrected chi connectivity index (χ0v) is 19.9. The molecule has 1 atom stereocenters. The molecule has 3 aliphatic rings. The third-order valence-electron chi connectivity index (χ3n) is 6.80. The van der Waals surface area contributed by atoms with Crippen LogP contribution < -0.4 is 19.9 Å². The predicted molar refractivity (Wildman–Crippen MR) is 133 cm³/mol. The highest BCUT2D eigenvalue weighted by Crippen LogP contribution is 2.39. The van der Waals surface area contributed by atoms with E-state index in [2.05, 4.69) is 20.3 Å². The number of pyridine rings is 1. The number of anilines is 4. The zero-order chi connectivity index (χ0) is 24.6. The SMILES string of the molecule is COCc1nc(Nc2cnc3c(c2)N2C(=O)CC[C@H]2CO3)ncc1-c1ccc(N2CCCC2=O)cc1. The summed E-state index contributed by atoms with van der Waals surface area (Å²) in [7, 11) is 1.62. The zero-order valence-electron chi connectivity index (χ0n) is 19.9. The van der Waals surface area contributed by atoms with Gasteiger partial charge in [0.2, 0.25) is 23.6 Å². The number of nitrogens with one attached hydrogen (secondary N) is 1. The molecule has 1 N–H and O–H groups in total. The molecular weight excluding hydrogens is 460 g/mol. The molecule has 36 heavy (non-hydrogen) atoms. The van der Waals surface area contributed by atoms with Crippen LogP contribution in [0, 0.1) is 0 Å². The summed E-state index contributed by atoms with van der Waals surface area (Å²) in [5, 5.41) is 3.20. The quantitative estimate of drug-likeness (QED) is 0.564. The van der Waals surface area contributed by atoms with Crippen LogP contribution in [0.3, 0.4) is 0 Å². The van der Waals surface area contributed by atoms with E-state index in [1.165, 1.54) is 0 Å². The van der Waals surface area contributed by atoms with Crippen LogP contribution in [0.15, 0.2) is 42.7 Å². The number of methoxy groups -OCH3 is 1. The van der Waals surface area contributed by atoms with E-state index in [0.717, 1.165) is 41.9 Å². The van der Waals surface area contributed by atoms with Crippen molar-refractivity contribution >= 4 is 34.8 Å².